The molecule has 1 atom stereocenters. The van der Waals surface area contributed by atoms with Crippen LogP contribution in [0.5, 0.6) is 5.75 Å². The van der Waals surface area contributed by atoms with Crippen LogP contribution < -0.4 is 20.7 Å². The molecule has 3 N–H and O–H groups in total. The summed E-state index contributed by atoms with van der Waals surface area (Å²) in [5.41, 5.74) is -0.538. The van der Waals surface area contributed by atoms with E-state index in [4.69, 9.17) is 9.15 Å². The molecule has 4 aromatic rings. The third-order valence-electron chi connectivity index (χ3n) is 6.42. The summed E-state index contributed by atoms with van der Waals surface area (Å²) in [6.07, 6.45) is 2.49. The van der Waals surface area contributed by atoms with Gasteiger partial charge < -0.3 is 24.7 Å². The van der Waals surface area contributed by atoms with Crippen LogP contribution >= 0.6 is 0 Å². The number of ether oxygens (including phenoxy) is 1. The van der Waals surface area contributed by atoms with Crippen LogP contribution in [0.25, 0.3) is 11.1 Å². The lowest BCUT2D eigenvalue weighted by Gasteiger charge is -2.28. The van der Waals surface area contributed by atoms with Gasteiger partial charge in [-0.2, -0.15) is 0 Å². The van der Waals surface area contributed by atoms with Gasteiger partial charge in [-0.15, -0.1) is 0 Å². The number of imide groups is 1. The second-order valence-corrected chi connectivity index (χ2v) is 8.80. The fraction of sp³-hybridized carbons (Fsp3) is 0.160. The zero-order valence-electron chi connectivity index (χ0n) is 19.7. The molecule has 2 aliphatic rings. The number of fused-ring (bicyclic) bond motifs is 2. The standard InChI is InChI=1S/C25H18F2N6O5/c1-37-17-3-2-12-10-33(22(34)20(12)21(17)27)11-25(23(35)31-24(36)32-25)18-7-15-16(38-18)4-5-19(30-15)29-14-6-13(26)8-28-9-14/h2-9H,10-11H2,1H3,(H,29,30)(H2,31,32,35,36)/t25-/m0/s1. The van der Waals surface area contributed by atoms with Crippen molar-refractivity contribution >= 4 is 40.5 Å². The van der Waals surface area contributed by atoms with Gasteiger partial charge >= 0.3 is 6.03 Å². The summed E-state index contributed by atoms with van der Waals surface area (Å²) in [5.74, 6) is -2.43. The molecule has 0 radical (unpaired) electrons. The van der Waals surface area contributed by atoms with E-state index in [0.717, 1.165) is 6.20 Å². The summed E-state index contributed by atoms with van der Waals surface area (Å²) in [4.78, 5) is 47.9. The fourth-order valence-corrected chi connectivity index (χ4v) is 4.65. The Morgan fingerprint density at radius 2 is 2.00 bits per heavy atom. The van der Waals surface area contributed by atoms with Gasteiger partial charge in [-0.3, -0.25) is 19.9 Å². The molecule has 3 aromatic heterocycles. The summed E-state index contributed by atoms with van der Waals surface area (Å²) in [6.45, 7) is -0.325. The van der Waals surface area contributed by atoms with Crippen molar-refractivity contribution in [2.45, 2.75) is 12.1 Å². The minimum absolute atomic E-state index is 0.00813. The van der Waals surface area contributed by atoms with Crippen molar-refractivity contribution in [1.82, 2.24) is 25.5 Å². The van der Waals surface area contributed by atoms with Crippen LogP contribution in [-0.2, 0) is 16.9 Å². The van der Waals surface area contributed by atoms with E-state index in [1.54, 1.807) is 18.2 Å². The Hall–Kier alpha value is -5.07. The second-order valence-electron chi connectivity index (χ2n) is 8.80. The molecule has 1 aromatic carbocycles. The zero-order chi connectivity index (χ0) is 26.6. The second kappa shape index (κ2) is 8.50. The SMILES string of the molecule is COc1ccc2c(c1F)C(=O)N(C[C@@]1(c3cc4nc(Nc5cncc(F)c5)ccc4o3)NC(=O)NC1=O)C2. The summed E-state index contributed by atoms with van der Waals surface area (Å²) in [5, 5.41) is 7.68. The van der Waals surface area contributed by atoms with Crippen LogP contribution in [0.2, 0.25) is 0 Å². The van der Waals surface area contributed by atoms with Gasteiger partial charge in [-0.1, -0.05) is 6.07 Å². The number of halogens is 2. The number of furan rings is 1. The third-order valence-corrected chi connectivity index (χ3v) is 6.42. The molecule has 0 bridgehead atoms. The minimum atomic E-state index is -1.80. The molecule has 13 heteroatoms. The number of urea groups is 1. The van der Waals surface area contributed by atoms with Gasteiger partial charge in [0.05, 0.1) is 37.3 Å². The maximum Gasteiger partial charge on any atom is 0.322 e. The first-order chi connectivity index (χ1) is 18.3. The fourth-order valence-electron chi connectivity index (χ4n) is 4.65. The Kier molecular flexibility index (Phi) is 5.22. The van der Waals surface area contributed by atoms with Gasteiger partial charge in [-0.05, 0) is 23.8 Å². The van der Waals surface area contributed by atoms with Gasteiger partial charge in [0.1, 0.15) is 22.9 Å². The van der Waals surface area contributed by atoms with Gasteiger partial charge in [0.15, 0.2) is 22.7 Å². The number of pyridine rings is 2. The van der Waals surface area contributed by atoms with Crippen molar-refractivity contribution in [3.8, 4) is 5.75 Å². The van der Waals surface area contributed by atoms with Crippen LogP contribution in [0.15, 0.2) is 53.2 Å². The Bertz CT molecular complexity index is 1660. The van der Waals surface area contributed by atoms with Crippen LogP contribution in [-0.4, -0.2) is 46.4 Å². The van der Waals surface area contributed by atoms with Crippen LogP contribution in [0.3, 0.4) is 0 Å². The molecule has 1 saturated heterocycles. The monoisotopic (exact) mass is 520 g/mol. The lowest BCUT2D eigenvalue weighted by Crippen LogP contribution is -2.52. The number of carbonyl (C=O) groups excluding carboxylic acids is 3. The Labute approximate surface area is 212 Å². The molecule has 6 rings (SSSR count). The molecule has 4 amide bonds. The van der Waals surface area contributed by atoms with E-state index in [1.165, 1.54) is 36.4 Å². The molecule has 0 unspecified atom stereocenters. The number of methoxy groups -OCH3 is 1. The molecule has 0 saturated carbocycles. The predicted octanol–water partition coefficient (Wildman–Crippen LogP) is 2.94. The van der Waals surface area contributed by atoms with Crippen LogP contribution in [0.4, 0.5) is 25.1 Å². The third kappa shape index (κ3) is 3.67. The molecule has 11 nitrogen and oxygen atoms in total. The van der Waals surface area contributed by atoms with Crippen LogP contribution in [0.1, 0.15) is 21.7 Å². The quantitative estimate of drug-likeness (QED) is 0.330. The maximum absolute atomic E-state index is 14.8. The molecule has 0 spiro atoms. The topological polar surface area (TPSA) is 139 Å². The van der Waals surface area contributed by atoms with E-state index in [9.17, 15) is 23.2 Å². The van der Waals surface area contributed by atoms with E-state index in [-0.39, 0.29) is 30.2 Å². The first-order valence-electron chi connectivity index (χ1n) is 11.3. The van der Waals surface area contributed by atoms with Crippen molar-refractivity contribution in [2.75, 3.05) is 19.0 Å². The molecule has 192 valence electrons. The van der Waals surface area contributed by atoms with E-state index >= 15 is 0 Å². The molecular weight excluding hydrogens is 502 g/mol. The predicted molar refractivity (Wildman–Crippen MR) is 128 cm³/mol. The number of carbonyl (C=O) groups is 3. The van der Waals surface area contributed by atoms with E-state index in [1.807, 2.05) is 0 Å². The van der Waals surface area contributed by atoms with Crippen molar-refractivity contribution in [1.29, 1.82) is 0 Å². The van der Waals surface area contributed by atoms with Crippen molar-refractivity contribution in [3.05, 3.63) is 77.3 Å². The Balaban J connectivity index is 1.35. The number of nitrogens with zero attached hydrogens (tertiary/aromatic N) is 3. The first kappa shape index (κ1) is 23.3. The lowest BCUT2D eigenvalue weighted by atomic mass is 9.95. The highest BCUT2D eigenvalue weighted by molar-refractivity contribution is 6.08. The number of anilines is 2. The lowest BCUT2D eigenvalue weighted by molar-refractivity contribution is -0.125. The highest BCUT2D eigenvalue weighted by Gasteiger charge is 2.53. The van der Waals surface area contributed by atoms with E-state index in [2.05, 4.69) is 25.9 Å². The van der Waals surface area contributed by atoms with Gasteiger partial charge in [0.2, 0.25) is 0 Å². The summed E-state index contributed by atoms with van der Waals surface area (Å²) >= 11 is 0. The molecular formula is C25H18F2N6O5. The van der Waals surface area contributed by atoms with E-state index < -0.39 is 35.0 Å². The van der Waals surface area contributed by atoms with Crippen LogP contribution in [0, 0.1) is 11.6 Å². The van der Waals surface area contributed by atoms with Crippen molar-refractivity contribution < 1.29 is 32.3 Å². The summed E-state index contributed by atoms with van der Waals surface area (Å²) in [7, 11) is 1.29. The average molecular weight is 520 g/mol. The van der Waals surface area contributed by atoms with Gasteiger partial charge in [0.25, 0.3) is 11.8 Å². The number of rotatable bonds is 6. The number of hydrogen-bond donors (Lipinski definition) is 3. The zero-order valence-corrected chi connectivity index (χ0v) is 19.7. The first-order valence-corrected chi connectivity index (χ1v) is 11.3. The molecule has 38 heavy (non-hydrogen) atoms. The molecule has 1 fully saturated rings. The summed E-state index contributed by atoms with van der Waals surface area (Å²) < 4.78 is 39.2. The van der Waals surface area contributed by atoms with E-state index in [0.29, 0.717) is 28.2 Å². The van der Waals surface area contributed by atoms with Crippen molar-refractivity contribution in [2.24, 2.45) is 0 Å². The molecule has 5 heterocycles. The normalized spacial score (nSPS) is 18.5. The Morgan fingerprint density at radius 1 is 1.16 bits per heavy atom. The maximum atomic E-state index is 14.8. The molecule has 0 aliphatic carbocycles. The number of amides is 4. The number of nitrogens with one attached hydrogen (secondary N) is 3. The largest absolute Gasteiger partial charge is 0.494 e. The smallest absolute Gasteiger partial charge is 0.322 e. The highest BCUT2D eigenvalue weighted by atomic mass is 19.1. The summed E-state index contributed by atoms with van der Waals surface area (Å²) in [6, 6.07) is 8.09. The Morgan fingerprint density at radius 3 is 2.74 bits per heavy atom. The average Bonchev–Trinajstić information content (AvgIpc) is 3.53. The van der Waals surface area contributed by atoms with Gasteiger partial charge in [0, 0.05) is 18.7 Å². The minimum Gasteiger partial charge on any atom is -0.494 e. The highest BCUT2D eigenvalue weighted by Crippen LogP contribution is 2.36. The number of benzene rings is 1. The van der Waals surface area contributed by atoms with Gasteiger partial charge in [-0.25, -0.2) is 18.6 Å². The number of hydrogen-bond acceptors (Lipinski definition) is 8. The number of aromatic nitrogens is 2. The molecule has 2 aliphatic heterocycles. The van der Waals surface area contributed by atoms with Crippen molar-refractivity contribution in [3.63, 3.8) is 0 Å².